The molecule has 4 unspecified atom stereocenters. The van der Waals surface area contributed by atoms with E-state index in [0.29, 0.717) is 5.56 Å². The summed E-state index contributed by atoms with van der Waals surface area (Å²) >= 11 is 12.4. The van der Waals surface area contributed by atoms with Gasteiger partial charge < -0.3 is 9.47 Å². The topological polar surface area (TPSA) is 114 Å². The van der Waals surface area contributed by atoms with Crippen molar-refractivity contribution < 1.29 is 9.47 Å². The van der Waals surface area contributed by atoms with E-state index >= 15 is 0 Å². The lowest BCUT2D eigenvalue weighted by molar-refractivity contribution is -0.268. The van der Waals surface area contributed by atoms with Gasteiger partial charge in [-0.05, 0) is 6.07 Å². The molecular formula is C17H12Cl2N4O2. The number of nitrogens with zero attached hydrogens (tertiary/aromatic N) is 3. The van der Waals surface area contributed by atoms with E-state index in [1.807, 2.05) is 18.2 Å². The summed E-state index contributed by atoms with van der Waals surface area (Å²) in [5.74, 6) is -2.51. The predicted octanol–water partition coefficient (Wildman–Crippen LogP) is 3.97. The Hall–Kier alpha value is -2.30. The average Bonchev–Trinajstić information content (AvgIpc) is 2.73. The first-order valence-corrected chi connectivity index (χ1v) is 8.13. The van der Waals surface area contributed by atoms with Crippen LogP contribution in [0.3, 0.4) is 0 Å². The minimum Gasteiger partial charge on any atom is -0.448 e. The fourth-order valence-corrected chi connectivity index (χ4v) is 4.12. The van der Waals surface area contributed by atoms with Crippen molar-refractivity contribution in [3.05, 3.63) is 33.8 Å². The van der Waals surface area contributed by atoms with Crippen LogP contribution in [0.2, 0.25) is 10.0 Å². The molecule has 1 N–H and O–H groups in total. The van der Waals surface area contributed by atoms with Crippen LogP contribution in [-0.4, -0.2) is 11.7 Å². The molecule has 3 rings (SSSR count). The van der Waals surface area contributed by atoms with Crippen LogP contribution in [0, 0.1) is 56.2 Å². The van der Waals surface area contributed by atoms with Crippen LogP contribution in [0.15, 0.2) is 18.2 Å². The van der Waals surface area contributed by atoms with E-state index < -0.39 is 34.5 Å². The monoisotopic (exact) mass is 374 g/mol. The van der Waals surface area contributed by atoms with E-state index in [1.54, 1.807) is 32.0 Å². The second-order valence-corrected chi connectivity index (χ2v) is 7.05. The number of hydrogen-bond donors (Lipinski definition) is 1. The zero-order chi connectivity index (χ0) is 18.6. The van der Waals surface area contributed by atoms with Gasteiger partial charge in [0.25, 0.3) is 0 Å². The molecule has 2 aliphatic heterocycles. The van der Waals surface area contributed by atoms with E-state index in [0.717, 1.165) is 0 Å². The summed E-state index contributed by atoms with van der Waals surface area (Å²) in [6.07, 6.45) is -1.21. The molecule has 1 aromatic rings. The molecule has 126 valence electrons. The Morgan fingerprint density at radius 1 is 1.16 bits per heavy atom. The van der Waals surface area contributed by atoms with Crippen molar-refractivity contribution in [2.24, 2.45) is 16.7 Å². The van der Waals surface area contributed by atoms with Gasteiger partial charge in [-0.2, -0.15) is 15.8 Å². The second-order valence-electron chi connectivity index (χ2n) is 6.26. The van der Waals surface area contributed by atoms with Crippen LogP contribution in [0.1, 0.15) is 25.5 Å². The lowest BCUT2D eigenvalue weighted by Gasteiger charge is -2.47. The van der Waals surface area contributed by atoms with Crippen molar-refractivity contribution in [2.45, 2.75) is 25.7 Å². The Morgan fingerprint density at radius 2 is 1.80 bits per heavy atom. The number of nitriles is 3. The third kappa shape index (κ3) is 1.84. The molecular weight excluding hydrogens is 363 g/mol. The highest BCUT2D eigenvalue weighted by Crippen LogP contribution is 2.66. The van der Waals surface area contributed by atoms with Crippen LogP contribution >= 0.6 is 23.2 Å². The van der Waals surface area contributed by atoms with Crippen molar-refractivity contribution in [1.29, 1.82) is 21.2 Å². The van der Waals surface area contributed by atoms with Crippen LogP contribution < -0.4 is 0 Å². The number of nitrogens with one attached hydrogen (secondary N) is 1. The first kappa shape index (κ1) is 17.5. The molecule has 2 bridgehead atoms. The van der Waals surface area contributed by atoms with Gasteiger partial charge in [0, 0.05) is 12.5 Å². The van der Waals surface area contributed by atoms with Gasteiger partial charge in [-0.1, -0.05) is 42.3 Å². The molecule has 0 amide bonds. The Balaban J connectivity index is 2.37. The van der Waals surface area contributed by atoms with E-state index in [9.17, 15) is 15.8 Å². The van der Waals surface area contributed by atoms with Crippen molar-refractivity contribution in [1.82, 2.24) is 0 Å². The summed E-state index contributed by atoms with van der Waals surface area (Å²) in [4.78, 5) is 0. The van der Waals surface area contributed by atoms with Crippen molar-refractivity contribution >= 4 is 29.1 Å². The Bertz CT molecular complexity index is 899. The molecule has 6 nitrogen and oxygen atoms in total. The molecule has 2 heterocycles. The van der Waals surface area contributed by atoms with Gasteiger partial charge in [0.2, 0.25) is 17.1 Å². The summed E-state index contributed by atoms with van der Waals surface area (Å²) in [6, 6.07) is 10.6. The molecule has 2 fully saturated rings. The fraction of sp³-hybridized carbons (Fsp3) is 0.412. The third-order valence-corrected chi connectivity index (χ3v) is 6.09. The fourth-order valence-electron chi connectivity index (χ4n) is 3.71. The number of rotatable bonds is 1. The number of hydrogen-bond acceptors (Lipinski definition) is 6. The Morgan fingerprint density at radius 3 is 2.36 bits per heavy atom. The quantitative estimate of drug-likeness (QED) is 0.798. The largest absolute Gasteiger partial charge is 0.448 e. The molecule has 0 spiro atoms. The number of halogens is 2. The average molecular weight is 375 g/mol. The summed E-state index contributed by atoms with van der Waals surface area (Å²) in [5, 5.41) is 38.4. The molecule has 0 aliphatic carbocycles. The smallest absolute Gasteiger partial charge is 0.214 e. The molecule has 8 heteroatoms. The van der Waals surface area contributed by atoms with Crippen LogP contribution in [0.4, 0.5) is 0 Å². The molecule has 2 aliphatic rings. The molecule has 4 atom stereocenters. The van der Waals surface area contributed by atoms with Crippen LogP contribution in [0.25, 0.3) is 0 Å². The lowest BCUT2D eigenvalue weighted by atomic mass is 9.54. The highest BCUT2D eigenvalue weighted by atomic mass is 35.5. The van der Waals surface area contributed by atoms with Crippen molar-refractivity contribution in [3.8, 4) is 18.2 Å². The van der Waals surface area contributed by atoms with Gasteiger partial charge in [-0.25, -0.2) is 0 Å². The first-order valence-electron chi connectivity index (χ1n) is 7.37. The minimum atomic E-state index is -2.03. The van der Waals surface area contributed by atoms with E-state index in [4.69, 9.17) is 38.1 Å². The summed E-state index contributed by atoms with van der Waals surface area (Å²) < 4.78 is 11.5. The van der Waals surface area contributed by atoms with Crippen LogP contribution in [0.5, 0.6) is 0 Å². The Labute approximate surface area is 154 Å². The minimum absolute atomic E-state index is 0.126. The maximum absolute atomic E-state index is 9.94. The molecule has 2 saturated heterocycles. The van der Waals surface area contributed by atoms with Crippen LogP contribution in [-0.2, 0) is 9.47 Å². The molecule has 0 saturated carbocycles. The Kier molecular flexibility index (Phi) is 3.75. The van der Waals surface area contributed by atoms with Gasteiger partial charge in [0.1, 0.15) is 6.10 Å². The predicted molar refractivity (Wildman–Crippen MR) is 88.4 cm³/mol. The maximum Gasteiger partial charge on any atom is 0.214 e. The maximum atomic E-state index is 9.94. The van der Waals surface area contributed by atoms with Crippen molar-refractivity contribution in [2.75, 3.05) is 0 Å². The van der Waals surface area contributed by atoms with Gasteiger partial charge >= 0.3 is 0 Å². The molecule has 0 radical (unpaired) electrons. The van der Waals surface area contributed by atoms with E-state index in [-0.39, 0.29) is 10.0 Å². The number of fused-ring (bicyclic) bond motifs is 2. The molecule has 1 aromatic carbocycles. The van der Waals surface area contributed by atoms with Gasteiger partial charge in [-0.3, -0.25) is 5.41 Å². The highest BCUT2D eigenvalue weighted by Gasteiger charge is 2.78. The standard InChI is InChI=1S/C17H12Cl2N4O2/c1-9-15(2)24-13(10-4-3-5-11(18)12(10)19)16(6-20,7-21)17(9,8-22)14(23)25-15/h3-5,9,13,23H,1-2H3. The number of ether oxygens (including phenoxy) is 2. The third-order valence-electron chi connectivity index (χ3n) is 5.26. The normalized spacial score (nSPS) is 35.2. The van der Waals surface area contributed by atoms with E-state index in [2.05, 4.69) is 0 Å². The van der Waals surface area contributed by atoms with Crippen molar-refractivity contribution in [3.63, 3.8) is 0 Å². The first-order chi connectivity index (χ1) is 11.7. The molecule has 0 aromatic heterocycles. The zero-order valence-electron chi connectivity index (χ0n) is 13.3. The number of benzene rings is 1. The van der Waals surface area contributed by atoms with Gasteiger partial charge in [0.05, 0.1) is 34.2 Å². The highest BCUT2D eigenvalue weighted by molar-refractivity contribution is 6.42. The second kappa shape index (κ2) is 5.35. The van der Waals surface area contributed by atoms with Gasteiger partial charge in [-0.15, -0.1) is 0 Å². The lowest BCUT2D eigenvalue weighted by Crippen LogP contribution is -2.57. The summed E-state index contributed by atoms with van der Waals surface area (Å²) in [5.41, 5.74) is -3.52. The zero-order valence-corrected chi connectivity index (χ0v) is 14.8. The SMILES string of the molecule is CC1C2(C)OC(=N)C1(C#N)C(C#N)(C#N)C(c1cccc(Cl)c1Cl)O2. The summed E-state index contributed by atoms with van der Waals surface area (Å²) in [6.45, 7) is 3.21. The summed E-state index contributed by atoms with van der Waals surface area (Å²) in [7, 11) is 0. The van der Waals surface area contributed by atoms with E-state index in [1.165, 1.54) is 0 Å². The molecule has 25 heavy (non-hydrogen) atoms. The van der Waals surface area contributed by atoms with Gasteiger partial charge in [0.15, 0.2) is 5.41 Å².